The molecule has 1 atom stereocenters. The van der Waals surface area contributed by atoms with Crippen molar-refractivity contribution >= 4 is 15.7 Å². The summed E-state index contributed by atoms with van der Waals surface area (Å²) in [7, 11) is -2.93. The molecule has 0 aromatic carbocycles. The molecule has 106 valence electrons. The maximum Gasteiger partial charge on any atom is 0.237 e. The number of nitrogens with zero attached hydrogens (tertiary/aromatic N) is 1. The molecular formula is C11H23N3O3S. The fourth-order valence-corrected chi connectivity index (χ4v) is 2.60. The van der Waals surface area contributed by atoms with E-state index in [2.05, 4.69) is 15.5 Å². The van der Waals surface area contributed by atoms with Crippen molar-refractivity contribution in [3.8, 4) is 0 Å². The molecule has 0 aromatic rings. The smallest absolute Gasteiger partial charge is 0.237 e. The van der Waals surface area contributed by atoms with E-state index in [4.69, 9.17) is 0 Å². The van der Waals surface area contributed by atoms with Gasteiger partial charge in [0.2, 0.25) is 5.91 Å². The lowest BCUT2D eigenvalue weighted by atomic mass is 10.2. The predicted octanol–water partition coefficient (Wildman–Crippen LogP) is -1.17. The lowest BCUT2D eigenvalue weighted by Crippen LogP contribution is -2.52. The third-order valence-electron chi connectivity index (χ3n) is 3.07. The van der Waals surface area contributed by atoms with Gasteiger partial charge in [0.15, 0.2) is 0 Å². The number of sulfone groups is 1. The van der Waals surface area contributed by atoms with Gasteiger partial charge in [-0.2, -0.15) is 0 Å². The van der Waals surface area contributed by atoms with Crippen LogP contribution in [0.15, 0.2) is 0 Å². The van der Waals surface area contributed by atoms with E-state index in [1.807, 2.05) is 6.92 Å². The normalized spacial score (nSPS) is 19.4. The minimum atomic E-state index is -2.93. The minimum Gasteiger partial charge on any atom is -0.355 e. The van der Waals surface area contributed by atoms with Crippen LogP contribution in [0.25, 0.3) is 0 Å². The second kappa shape index (κ2) is 7.06. The molecule has 1 heterocycles. The first-order valence-corrected chi connectivity index (χ1v) is 8.36. The van der Waals surface area contributed by atoms with Gasteiger partial charge in [-0.15, -0.1) is 0 Å². The third-order valence-corrected chi connectivity index (χ3v) is 4.10. The van der Waals surface area contributed by atoms with E-state index in [-0.39, 0.29) is 17.7 Å². The van der Waals surface area contributed by atoms with Gasteiger partial charge in [-0.3, -0.25) is 9.69 Å². The summed E-state index contributed by atoms with van der Waals surface area (Å²) in [5, 5.41) is 6.02. The number of rotatable bonds is 6. The first-order chi connectivity index (χ1) is 8.40. The minimum absolute atomic E-state index is 0.0228. The van der Waals surface area contributed by atoms with Crippen molar-refractivity contribution in [2.24, 2.45) is 0 Å². The second-order valence-corrected chi connectivity index (χ2v) is 7.00. The van der Waals surface area contributed by atoms with Crippen LogP contribution in [0.3, 0.4) is 0 Å². The Morgan fingerprint density at radius 2 is 2.00 bits per heavy atom. The number of piperazine rings is 1. The number of amides is 1. The first-order valence-electron chi connectivity index (χ1n) is 6.30. The third kappa shape index (κ3) is 5.79. The van der Waals surface area contributed by atoms with E-state index in [0.29, 0.717) is 13.0 Å². The predicted molar refractivity (Wildman–Crippen MR) is 71.2 cm³/mol. The van der Waals surface area contributed by atoms with Crippen molar-refractivity contribution in [3.05, 3.63) is 0 Å². The van der Waals surface area contributed by atoms with E-state index < -0.39 is 9.84 Å². The molecule has 1 aliphatic rings. The molecule has 0 spiro atoms. The van der Waals surface area contributed by atoms with Crippen LogP contribution in [0.1, 0.15) is 13.3 Å². The Bertz CT molecular complexity index is 364. The largest absolute Gasteiger partial charge is 0.355 e. The molecule has 0 aromatic heterocycles. The van der Waals surface area contributed by atoms with Crippen molar-refractivity contribution in [1.82, 2.24) is 15.5 Å². The van der Waals surface area contributed by atoms with E-state index in [9.17, 15) is 13.2 Å². The monoisotopic (exact) mass is 277 g/mol. The van der Waals surface area contributed by atoms with Crippen LogP contribution < -0.4 is 10.6 Å². The maximum atomic E-state index is 11.8. The van der Waals surface area contributed by atoms with Gasteiger partial charge in [0.05, 0.1) is 11.8 Å². The Hall–Kier alpha value is -0.660. The quantitative estimate of drug-likeness (QED) is 0.598. The molecule has 6 nitrogen and oxygen atoms in total. The molecule has 1 amide bonds. The van der Waals surface area contributed by atoms with Crippen molar-refractivity contribution in [3.63, 3.8) is 0 Å². The summed E-state index contributed by atoms with van der Waals surface area (Å²) in [6.07, 6.45) is 1.68. The van der Waals surface area contributed by atoms with Crippen molar-refractivity contribution in [2.75, 3.05) is 44.7 Å². The average Bonchev–Trinajstić information content (AvgIpc) is 2.33. The van der Waals surface area contributed by atoms with Gasteiger partial charge >= 0.3 is 0 Å². The standard InChI is InChI=1S/C11H23N3O3S/c1-10(14-7-5-12-6-8-14)11(15)13-4-3-9-18(2,16)17/h10,12H,3-9H2,1-2H3,(H,13,15). The summed E-state index contributed by atoms with van der Waals surface area (Å²) in [6.45, 7) is 5.87. The number of carbonyl (C=O) groups is 1. The van der Waals surface area contributed by atoms with E-state index in [1.165, 1.54) is 6.26 Å². The highest BCUT2D eigenvalue weighted by atomic mass is 32.2. The number of hydrogen-bond acceptors (Lipinski definition) is 5. The van der Waals surface area contributed by atoms with Crippen LogP contribution in [0.5, 0.6) is 0 Å². The lowest BCUT2D eigenvalue weighted by molar-refractivity contribution is -0.126. The molecule has 0 aliphatic carbocycles. The SMILES string of the molecule is CC(C(=O)NCCCS(C)(=O)=O)N1CCNCC1. The average molecular weight is 277 g/mol. The molecule has 1 rings (SSSR count). The van der Waals surface area contributed by atoms with Crippen LogP contribution in [0, 0.1) is 0 Å². The van der Waals surface area contributed by atoms with Gasteiger partial charge in [0.1, 0.15) is 9.84 Å². The van der Waals surface area contributed by atoms with E-state index in [1.54, 1.807) is 0 Å². The van der Waals surface area contributed by atoms with Crippen LogP contribution in [-0.2, 0) is 14.6 Å². The Morgan fingerprint density at radius 3 is 2.56 bits per heavy atom. The Balaban J connectivity index is 2.23. The summed E-state index contributed by atoms with van der Waals surface area (Å²) in [4.78, 5) is 14.0. The molecule has 1 unspecified atom stereocenters. The Labute approximate surface area is 109 Å². The van der Waals surface area contributed by atoms with E-state index in [0.717, 1.165) is 26.2 Å². The summed E-state index contributed by atoms with van der Waals surface area (Å²) < 4.78 is 21.9. The zero-order valence-electron chi connectivity index (χ0n) is 11.1. The molecule has 1 aliphatic heterocycles. The molecule has 1 fully saturated rings. The van der Waals surface area contributed by atoms with Crippen molar-refractivity contribution in [2.45, 2.75) is 19.4 Å². The Morgan fingerprint density at radius 1 is 1.39 bits per heavy atom. The maximum absolute atomic E-state index is 11.8. The molecule has 0 radical (unpaired) electrons. The van der Waals surface area contributed by atoms with Gasteiger partial charge < -0.3 is 10.6 Å². The topological polar surface area (TPSA) is 78.5 Å². The lowest BCUT2D eigenvalue weighted by Gasteiger charge is -2.31. The zero-order chi connectivity index (χ0) is 13.6. The molecule has 0 bridgehead atoms. The van der Waals surface area contributed by atoms with Crippen molar-refractivity contribution in [1.29, 1.82) is 0 Å². The summed E-state index contributed by atoms with van der Waals surface area (Å²) in [6, 6.07) is -0.148. The zero-order valence-corrected chi connectivity index (χ0v) is 11.9. The van der Waals surface area contributed by atoms with E-state index >= 15 is 0 Å². The summed E-state index contributed by atoms with van der Waals surface area (Å²) in [5.74, 6) is 0.0976. The number of hydrogen-bond donors (Lipinski definition) is 2. The fourth-order valence-electron chi connectivity index (χ4n) is 1.93. The van der Waals surface area contributed by atoms with Gasteiger partial charge in [0.25, 0.3) is 0 Å². The highest BCUT2D eigenvalue weighted by Crippen LogP contribution is 2.01. The molecule has 0 saturated carbocycles. The van der Waals surface area contributed by atoms with Gasteiger partial charge in [0, 0.05) is 39.0 Å². The highest BCUT2D eigenvalue weighted by Gasteiger charge is 2.22. The fraction of sp³-hybridized carbons (Fsp3) is 0.909. The number of nitrogens with one attached hydrogen (secondary N) is 2. The number of carbonyl (C=O) groups excluding carboxylic acids is 1. The second-order valence-electron chi connectivity index (χ2n) is 4.74. The molecule has 7 heteroatoms. The first kappa shape index (κ1) is 15.4. The van der Waals surface area contributed by atoms with Crippen molar-refractivity contribution < 1.29 is 13.2 Å². The summed E-state index contributed by atoms with van der Waals surface area (Å²) >= 11 is 0. The Kier molecular flexibility index (Phi) is 6.04. The van der Waals surface area contributed by atoms with Gasteiger partial charge in [-0.25, -0.2) is 8.42 Å². The van der Waals surface area contributed by atoms with Crippen LogP contribution in [-0.4, -0.2) is 70.0 Å². The van der Waals surface area contributed by atoms with Crippen LogP contribution in [0.2, 0.25) is 0 Å². The summed E-state index contributed by atoms with van der Waals surface area (Å²) in [5.41, 5.74) is 0. The highest BCUT2D eigenvalue weighted by molar-refractivity contribution is 7.90. The van der Waals surface area contributed by atoms with Crippen LogP contribution >= 0.6 is 0 Å². The van der Waals surface area contributed by atoms with Gasteiger partial charge in [-0.05, 0) is 13.3 Å². The molecule has 2 N–H and O–H groups in total. The molecule has 18 heavy (non-hydrogen) atoms. The van der Waals surface area contributed by atoms with Crippen LogP contribution in [0.4, 0.5) is 0 Å². The molecule has 1 saturated heterocycles. The molecular weight excluding hydrogens is 254 g/mol. The van der Waals surface area contributed by atoms with Gasteiger partial charge in [-0.1, -0.05) is 0 Å².